The van der Waals surface area contributed by atoms with Crippen LogP contribution in [-0.4, -0.2) is 44.4 Å². The van der Waals surface area contributed by atoms with E-state index in [1.54, 1.807) is 18.5 Å². The van der Waals surface area contributed by atoms with Crippen molar-refractivity contribution in [1.29, 1.82) is 0 Å². The van der Waals surface area contributed by atoms with Crippen molar-refractivity contribution in [2.45, 2.75) is 31.5 Å². The standard InChI is InChI=1S/C19H23N5O2S/c1-14-6-9-23(10-7-14)18-21-22-19(24(18)12-15-4-3-11-26-15)27-13-17(25)16-5-2-8-20-16/h2-5,8,11,14,20H,6-7,9-10,12-13H2,1H3. The third-order valence-corrected chi connectivity index (χ3v) is 5.86. The molecule has 4 rings (SSSR count). The number of aromatic nitrogens is 4. The molecule has 0 unspecified atom stereocenters. The van der Waals surface area contributed by atoms with Crippen molar-refractivity contribution < 1.29 is 9.21 Å². The molecular formula is C19H23N5O2S. The number of furan rings is 1. The number of thioether (sulfide) groups is 1. The van der Waals surface area contributed by atoms with Crippen molar-refractivity contribution >= 4 is 23.5 Å². The van der Waals surface area contributed by atoms with Crippen LogP contribution in [0.15, 0.2) is 46.3 Å². The summed E-state index contributed by atoms with van der Waals surface area (Å²) in [5, 5.41) is 9.55. The van der Waals surface area contributed by atoms with E-state index in [4.69, 9.17) is 4.42 Å². The molecule has 0 amide bonds. The zero-order chi connectivity index (χ0) is 18.6. The smallest absolute Gasteiger partial charge is 0.228 e. The summed E-state index contributed by atoms with van der Waals surface area (Å²) < 4.78 is 7.59. The van der Waals surface area contributed by atoms with Crippen LogP contribution in [0.4, 0.5) is 5.95 Å². The average Bonchev–Trinajstić information content (AvgIpc) is 3.44. The lowest BCUT2D eigenvalue weighted by Crippen LogP contribution is -2.35. The molecule has 0 aliphatic carbocycles. The largest absolute Gasteiger partial charge is 0.467 e. The first-order valence-corrected chi connectivity index (χ1v) is 10.2. The highest BCUT2D eigenvalue weighted by Crippen LogP contribution is 2.27. The number of rotatable bonds is 7. The maximum Gasteiger partial charge on any atom is 0.228 e. The number of nitrogens with one attached hydrogen (secondary N) is 1. The summed E-state index contributed by atoms with van der Waals surface area (Å²) in [6.07, 6.45) is 5.74. The van der Waals surface area contributed by atoms with Gasteiger partial charge in [-0.15, -0.1) is 10.2 Å². The van der Waals surface area contributed by atoms with Crippen LogP contribution in [0.3, 0.4) is 0 Å². The Balaban J connectivity index is 1.54. The number of nitrogens with zero attached hydrogens (tertiary/aromatic N) is 4. The highest BCUT2D eigenvalue weighted by molar-refractivity contribution is 7.99. The number of carbonyl (C=O) groups is 1. The first-order chi connectivity index (χ1) is 13.2. The fraction of sp³-hybridized carbons (Fsp3) is 0.421. The van der Waals surface area contributed by atoms with Gasteiger partial charge in [0, 0.05) is 19.3 Å². The van der Waals surface area contributed by atoms with Crippen molar-refractivity contribution in [3.63, 3.8) is 0 Å². The van der Waals surface area contributed by atoms with E-state index in [2.05, 4.69) is 31.6 Å². The zero-order valence-corrected chi connectivity index (χ0v) is 16.1. The minimum atomic E-state index is 0.0471. The molecule has 4 heterocycles. The molecule has 1 fully saturated rings. The van der Waals surface area contributed by atoms with Crippen LogP contribution in [-0.2, 0) is 6.54 Å². The number of H-pyrrole nitrogens is 1. The lowest BCUT2D eigenvalue weighted by molar-refractivity contribution is 0.101. The SMILES string of the molecule is CC1CCN(c2nnc(SCC(=O)c3ccc[nH]3)n2Cc2ccco2)CC1. The van der Waals surface area contributed by atoms with Crippen LogP contribution in [0.1, 0.15) is 36.0 Å². The van der Waals surface area contributed by atoms with Crippen LogP contribution in [0.2, 0.25) is 0 Å². The Morgan fingerprint density at radius 1 is 1.30 bits per heavy atom. The highest BCUT2D eigenvalue weighted by Gasteiger charge is 2.23. The number of hydrogen-bond acceptors (Lipinski definition) is 6. The molecule has 7 nitrogen and oxygen atoms in total. The van der Waals surface area contributed by atoms with Gasteiger partial charge < -0.3 is 14.3 Å². The fourth-order valence-electron chi connectivity index (χ4n) is 3.24. The maximum absolute atomic E-state index is 12.3. The van der Waals surface area contributed by atoms with Gasteiger partial charge in [0.05, 0.1) is 24.3 Å². The van der Waals surface area contributed by atoms with E-state index in [0.717, 1.165) is 48.7 Å². The molecule has 0 spiro atoms. The van der Waals surface area contributed by atoms with E-state index >= 15 is 0 Å². The monoisotopic (exact) mass is 385 g/mol. The molecule has 0 aromatic carbocycles. The number of aromatic amines is 1. The second kappa shape index (κ2) is 8.04. The Hall–Kier alpha value is -2.48. The molecular weight excluding hydrogens is 362 g/mol. The molecule has 27 heavy (non-hydrogen) atoms. The fourth-order valence-corrected chi connectivity index (χ4v) is 4.05. The van der Waals surface area contributed by atoms with Gasteiger partial charge in [-0.1, -0.05) is 18.7 Å². The third kappa shape index (κ3) is 4.10. The molecule has 1 aliphatic rings. The maximum atomic E-state index is 12.3. The molecule has 8 heteroatoms. The van der Waals surface area contributed by atoms with Crippen molar-refractivity contribution in [1.82, 2.24) is 19.7 Å². The Morgan fingerprint density at radius 2 is 2.15 bits per heavy atom. The van der Waals surface area contributed by atoms with E-state index in [-0.39, 0.29) is 5.78 Å². The van der Waals surface area contributed by atoms with E-state index in [0.29, 0.717) is 18.0 Å². The Kier molecular flexibility index (Phi) is 5.33. The molecule has 3 aromatic rings. The first-order valence-electron chi connectivity index (χ1n) is 9.20. The average molecular weight is 385 g/mol. The van der Waals surface area contributed by atoms with Crippen LogP contribution in [0, 0.1) is 5.92 Å². The summed E-state index contributed by atoms with van der Waals surface area (Å²) in [5.41, 5.74) is 0.616. The minimum Gasteiger partial charge on any atom is -0.467 e. The Morgan fingerprint density at radius 3 is 2.85 bits per heavy atom. The number of carbonyl (C=O) groups excluding carboxylic acids is 1. The van der Waals surface area contributed by atoms with Crippen molar-refractivity contribution in [3.05, 3.63) is 48.2 Å². The number of ketones is 1. The van der Waals surface area contributed by atoms with Gasteiger partial charge >= 0.3 is 0 Å². The quantitative estimate of drug-likeness (QED) is 0.496. The van der Waals surface area contributed by atoms with Crippen LogP contribution < -0.4 is 4.90 Å². The molecule has 0 saturated carbocycles. The summed E-state index contributed by atoms with van der Waals surface area (Å²) in [7, 11) is 0. The summed E-state index contributed by atoms with van der Waals surface area (Å²) >= 11 is 1.41. The van der Waals surface area contributed by atoms with Gasteiger partial charge in [0.1, 0.15) is 5.76 Å². The van der Waals surface area contributed by atoms with Crippen molar-refractivity contribution in [3.8, 4) is 0 Å². The van der Waals surface area contributed by atoms with Gasteiger partial charge in [-0.05, 0) is 43.0 Å². The highest BCUT2D eigenvalue weighted by atomic mass is 32.2. The first kappa shape index (κ1) is 17.9. The molecule has 142 valence electrons. The van der Waals surface area contributed by atoms with E-state index in [1.165, 1.54) is 11.8 Å². The molecule has 0 radical (unpaired) electrons. The van der Waals surface area contributed by atoms with Gasteiger partial charge in [-0.25, -0.2) is 0 Å². The molecule has 1 saturated heterocycles. The molecule has 1 aliphatic heterocycles. The van der Waals surface area contributed by atoms with Crippen molar-refractivity contribution in [2.24, 2.45) is 5.92 Å². The number of Topliss-reactive ketones (excluding diaryl/α,β-unsaturated/α-hetero) is 1. The summed E-state index contributed by atoms with van der Waals surface area (Å²) in [6, 6.07) is 7.44. The van der Waals surface area contributed by atoms with E-state index in [9.17, 15) is 4.79 Å². The summed E-state index contributed by atoms with van der Waals surface area (Å²) in [4.78, 5) is 17.6. The normalized spacial score (nSPS) is 15.4. The second-order valence-electron chi connectivity index (χ2n) is 6.91. The Bertz CT molecular complexity index is 864. The zero-order valence-electron chi connectivity index (χ0n) is 15.3. The topological polar surface area (TPSA) is 80.0 Å². The number of piperidine rings is 1. The summed E-state index contributed by atoms with van der Waals surface area (Å²) in [5.74, 6) is 2.81. The second-order valence-corrected chi connectivity index (χ2v) is 7.86. The van der Waals surface area contributed by atoms with Gasteiger partial charge in [0.2, 0.25) is 5.95 Å². The third-order valence-electron chi connectivity index (χ3n) is 4.89. The van der Waals surface area contributed by atoms with Crippen LogP contribution >= 0.6 is 11.8 Å². The predicted octanol–water partition coefficient (Wildman–Crippen LogP) is 3.46. The van der Waals surface area contributed by atoms with Crippen molar-refractivity contribution in [2.75, 3.05) is 23.7 Å². The van der Waals surface area contributed by atoms with Gasteiger partial charge in [0.25, 0.3) is 0 Å². The molecule has 0 bridgehead atoms. The van der Waals surface area contributed by atoms with Gasteiger partial charge in [-0.2, -0.15) is 0 Å². The predicted molar refractivity (Wildman–Crippen MR) is 104 cm³/mol. The van der Waals surface area contributed by atoms with Crippen LogP contribution in [0.5, 0.6) is 0 Å². The van der Waals surface area contributed by atoms with E-state index in [1.807, 2.05) is 18.2 Å². The lowest BCUT2D eigenvalue weighted by Gasteiger charge is -2.31. The van der Waals surface area contributed by atoms with Gasteiger partial charge in [0.15, 0.2) is 10.9 Å². The number of hydrogen-bond donors (Lipinski definition) is 1. The molecule has 1 N–H and O–H groups in total. The van der Waals surface area contributed by atoms with E-state index < -0.39 is 0 Å². The minimum absolute atomic E-state index is 0.0471. The van der Waals surface area contributed by atoms with Crippen LogP contribution in [0.25, 0.3) is 0 Å². The number of anilines is 1. The molecule has 3 aromatic heterocycles. The lowest BCUT2D eigenvalue weighted by atomic mass is 10.00. The van der Waals surface area contributed by atoms with Gasteiger partial charge in [-0.3, -0.25) is 9.36 Å². The summed E-state index contributed by atoms with van der Waals surface area (Å²) in [6.45, 7) is 4.80. The Labute approximate surface area is 162 Å². The molecule has 0 atom stereocenters.